The fraction of sp³-hybridized carbons (Fsp3) is 0.500. The Balaban J connectivity index is 1.80. The average Bonchev–Trinajstić information content (AvgIpc) is 2.68. The first kappa shape index (κ1) is 14.1. The van der Waals surface area contributed by atoms with Crippen molar-refractivity contribution < 1.29 is 9.59 Å². The molecule has 1 aliphatic heterocycles. The van der Waals surface area contributed by atoms with Crippen molar-refractivity contribution in [3.05, 3.63) is 23.8 Å². The van der Waals surface area contributed by atoms with Gasteiger partial charge in [0.05, 0.1) is 11.3 Å². The number of hydrogen-bond acceptors (Lipinski definition) is 4. The van der Waals surface area contributed by atoms with Gasteiger partial charge in [-0.1, -0.05) is 0 Å². The van der Waals surface area contributed by atoms with Crippen LogP contribution >= 0.6 is 0 Å². The Kier molecular flexibility index (Phi) is 3.24. The molecule has 1 aromatic carbocycles. The number of amides is 1. The topological polar surface area (TPSA) is 52.6 Å². The number of ketones is 1. The summed E-state index contributed by atoms with van der Waals surface area (Å²) < 4.78 is 0. The lowest BCUT2D eigenvalue weighted by Crippen LogP contribution is -2.56. The fourth-order valence-electron chi connectivity index (χ4n) is 3.24. The van der Waals surface area contributed by atoms with Crippen molar-refractivity contribution in [1.82, 2.24) is 4.90 Å². The van der Waals surface area contributed by atoms with E-state index >= 15 is 0 Å². The van der Waals surface area contributed by atoms with E-state index in [0.717, 1.165) is 12.2 Å². The van der Waals surface area contributed by atoms with E-state index in [4.69, 9.17) is 0 Å². The number of rotatable bonds is 4. The fourth-order valence-corrected chi connectivity index (χ4v) is 3.24. The van der Waals surface area contributed by atoms with Gasteiger partial charge in [-0.3, -0.25) is 9.59 Å². The molecular formula is C16H21N3O2. The molecule has 0 radical (unpaired) electrons. The van der Waals surface area contributed by atoms with Crippen LogP contribution in [-0.4, -0.2) is 49.8 Å². The number of likely N-dealkylation sites (N-methyl/N-ethyl adjacent to an activating group) is 2. The van der Waals surface area contributed by atoms with E-state index in [-0.39, 0.29) is 5.54 Å². The number of hydrogen-bond donors (Lipinski definition) is 1. The Morgan fingerprint density at radius 3 is 2.48 bits per heavy atom. The number of Topliss-reactive ketones (excluding diaryl/α,β-unsaturated/α-hetero) is 1. The molecule has 1 aromatic rings. The lowest BCUT2D eigenvalue weighted by atomic mass is 9.75. The molecule has 1 heterocycles. The molecule has 1 aliphatic carbocycles. The van der Waals surface area contributed by atoms with Gasteiger partial charge in [0.25, 0.3) is 11.7 Å². The standard InChI is InChI=1S/C16H21N3O2/c1-18(2)16(7-4-8-16)10-19(3)11-5-6-12-13(9-11)17-15(21)14(12)20/h5-6,9H,4,7-8,10H2,1-3H3,(H,17,20,21). The Hall–Kier alpha value is -1.88. The highest BCUT2D eigenvalue weighted by Crippen LogP contribution is 2.38. The minimum absolute atomic E-state index is 0.243. The van der Waals surface area contributed by atoms with E-state index < -0.39 is 11.7 Å². The Bertz CT molecular complexity index is 606. The van der Waals surface area contributed by atoms with Crippen LogP contribution in [-0.2, 0) is 4.79 Å². The average molecular weight is 287 g/mol. The summed E-state index contributed by atoms with van der Waals surface area (Å²) in [5, 5.41) is 2.63. The van der Waals surface area contributed by atoms with Crippen LogP contribution in [0, 0.1) is 0 Å². The molecule has 0 aromatic heterocycles. The molecule has 0 bridgehead atoms. The van der Waals surface area contributed by atoms with Gasteiger partial charge >= 0.3 is 0 Å². The summed E-state index contributed by atoms with van der Waals surface area (Å²) in [7, 11) is 6.33. The maximum atomic E-state index is 11.6. The molecule has 5 nitrogen and oxygen atoms in total. The molecule has 1 amide bonds. The van der Waals surface area contributed by atoms with E-state index in [1.165, 1.54) is 19.3 Å². The van der Waals surface area contributed by atoms with Gasteiger partial charge in [-0.25, -0.2) is 0 Å². The lowest BCUT2D eigenvalue weighted by Gasteiger charge is -2.49. The highest BCUT2D eigenvalue weighted by molar-refractivity contribution is 6.51. The van der Waals surface area contributed by atoms with Crippen LogP contribution in [0.1, 0.15) is 29.6 Å². The van der Waals surface area contributed by atoms with Crippen molar-refractivity contribution in [3.63, 3.8) is 0 Å². The molecule has 0 spiro atoms. The number of anilines is 2. The largest absolute Gasteiger partial charge is 0.373 e. The van der Waals surface area contributed by atoms with Gasteiger partial charge < -0.3 is 15.1 Å². The summed E-state index contributed by atoms with van der Waals surface area (Å²) >= 11 is 0. The SMILES string of the molecule is CN(CC1(N(C)C)CCC1)c1ccc2c(c1)NC(=O)C2=O. The molecule has 112 valence electrons. The number of fused-ring (bicyclic) bond motifs is 1. The molecule has 1 fully saturated rings. The number of nitrogens with zero attached hydrogens (tertiary/aromatic N) is 2. The van der Waals surface area contributed by atoms with Gasteiger partial charge in [-0.2, -0.15) is 0 Å². The van der Waals surface area contributed by atoms with E-state index in [1.54, 1.807) is 6.07 Å². The summed E-state index contributed by atoms with van der Waals surface area (Å²) in [6.45, 7) is 0.945. The smallest absolute Gasteiger partial charge is 0.296 e. The number of carbonyl (C=O) groups is 2. The molecule has 1 saturated carbocycles. The van der Waals surface area contributed by atoms with Crippen molar-refractivity contribution in [2.24, 2.45) is 0 Å². The van der Waals surface area contributed by atoms with Crippen LogP contribution in [0.3, 0.4) is 0 Å². The predicted octanol–water partition coefficient (Wildman–Crippen LogP) is 1.74. The van der Waals surface area contributed by atoms with E-state index in [9.17, 15) is 9.59 Å². The van der Waals surface area contributed by atoms with Crippen LogP contribution in [0.25, 0.3) is 0 Å². The summed E-state index contributed by atoms with van der Waals surface area (Å²) in [4.78, 5) is 27.5. The molecule has 3 rings (SSSR count). The number of carbonyl (C=O) groups excluding carboxylic acids is 2. The predicted molar refractivity (Wildman–Crippen MR) is 82.9 cm³/mol. The Morgan fingerprint density at radius 2 is 1.90 bits per heavy atom. The lowest BCUT2D eigenvalue weighted by molar-refractivity contribution is -0.112. The van der Waals surface area contributed by atoms with E-state index in [0.29, 0.717) is 11.3 Å². The monoisotopic (exact) mass is 287 g/mol. The van der Waals surface area contributed by atoms with Crippen molar-refractivity contribution in [2.45, 2.75) is 24.8 Å². The highest BCUT2D eigenvalue weighted by Gasteiger charge is 2.40. The van der Waals surface area contributed by atoms with Gasteiger partial charge in [0.2, 0.25) is 0 Å². The molecule has 5 heteroatoms. The third-order valence-corrected chi connectivity index (χ3v) is 4.91. The van der Waals surface area contributed by atoms with Crippen LogP contribution in [0.4, 0.5) is 11.4 Å². The zero-order valence-electron chi connectivity index (χ0n) is 12.8. The number of nitrogens with one attached hydrogen (secondary N) is 1. The minimum atomic E-state index is -0.534. The molecular weight excluding hydrogens is 266 g/mol. The molecule has 2 aliphatic rings. The quantitative estimate of drug-likeness (QED) is 0.857. The van der Waals surface area contributed by atoms with Crippen LogP contribution in [0.15, 0.2) is 18.2 Å². The number of benzene rings is 1. The summed E-state index contributed by atoms with van der Waals surface area (Å²) in [5.41, 5.74) is 2.37. The van der Waals surface area contributed by atoms with Crippen molar-refractivity contribution in [3.8, 4) is 0 Å². The maximum Gasteiger partial charge on any atom is 0.296 e. The van der Waals surface area contributed by atoms with Gasteiger partial charge in [-0.15, -0.1) is 0 Å². The second-order valence-corrected chi connectivity index (χ2v) is 6.34. The van der Waals surface area contributed by atoms with Crippen molar-refractivity contribution >= 4 is 23.1 Å². The van der Waals surface area contributed by atoms with Gasteiger partial charge in [0, 0.05) is 24.8 Å². The van der Waals surface area contributed by atoms with E-state index in [2.05, 4.69) is 36.3 Å². The van der Waals surface area contributed by atoms with Gasteiger partial charge in [0.1, 0.15) is 0 Å². The molecule has 0 atom stereocenters. The van der Waals surface area contributed by atoms with Gasteiger partial charge in [0.15, 0.2) is 0 Å². The summed E-state index contributed by atoms with van der Waals surface area (Å²) in [6.07, 6.45) is 3.70. The molecule has 0 unspecified atom stereocenters. The molecule has 1 N–H and O–H groups in total. The second-order valence-electron chi connectivity index (χ2n) is 6.34. The van der Waals surface area contributed by atoms with Crippen LogP contribution in [0.5, 0.6) is 0 Å². The minimum Gasteiger partial charge on any atom is -0.373 e. The first-order chi connectivity index (χ1) is 9.93. The molecule has 21 heavy (non-hydrogen) atoms. The Labute approximate surface area is 124 Å². The van der Waals surface area contributed by atoms with Gasteiger partial charge in [-0.05, 0) is 51.6 Å². The van der Waals surface area contributed by atoms with Crippen LogP contribution in [0.2, 0.25) is 0 Å². The zero-order valence-corrected chi connectivity index (χ0v) is 12.8. The first-order valence-electron chi connectivity index (χ1n) is 7.31. The normalized spacial score (nSPS) is 19.2. The third kappa shape index (κ3) is 2.21. The summed E-state index contributed by atoms with van der Waals surface area (Å²) in [5.74, 6) is -0.975. The second kappa shape index (κ2) is 4.84. The Morgan fingerprint density at radius 1 is 1.19 bits per heavy atom. The zero-order chi connectivity index (χ0) is 15.2. The first-order valence-corrected chi connectivity index (χ1v) is 7.31. The third-order valence-electron chi connectivity index (χ3n) is 4.91. The molecule has 0 saturated heterocycles. The van der Waals surface area contributed by atoms with E-state index in [1.807, 2.05) is 12.1 Å². The summed E-state index contributed by atoms with van der Waals surface area (Å²) in [6, 6.07) is 5.55. The van der Waals surface area contributed by atoms with Crippen molar-refractivity contribution in [1.29, 1.82) is 0 Å². The highest BCUT2D eigenvalue weighted by atomic mass is 16.2. The van der Waals surface area contributed by atoms with Crippen LogP contribution < -0.4 is 10.2 Å². The van der Waals surface area contributed by atoms with Crippen molar-refractivity contribution in [2.75, 3.05) is 37.9 Å². The maximum absolute atomic E-state index is 11.6.